The summed E-state index contributed by atoms with van der Waals surface area (Å²) in [6, 6.07) is 17.0. The van der Waals surface area contributed by atoms with E-state index in [0.29, 0.717) is 17.1 Å². The van der Waals surface area contributed by atoms with Crippen molar-refractivity contribution in [2.75, 3.05) is 23.7 Å². The zero-order valence-electron chi connectivity index (χ0n) is 18.0. The molecule has 1 saturated heterocycles. The van der Waals surface area contributed by atoms with Crippen molar-refractivity contribution in [1.82, 2.24) is 20.3 Å². The lowest BCUT2D eigenvalue weighted by molar-refractivity contribution is 0.0926. The number of hydrogen-bond donors (Lipinski definition) is 1. The number of rotatable bonds is 7. The molecular weight excluding hydrogens is 426 g/mol. The molecule has 0 unspecified atom stereocenters. The van der Waals surface area contributed by atoms with Gasteiger partial charge in [0.1, 0.15) is 0 Å². The Kier molecular flexibility index (Phi) is 6.55. The molecular formula is C23H27N5O3S. The number of sulfone groups is 1. The number of nitrogens with zero attached hydrogens (tertiary/aromatic N) is 4. The van der Waals surface area contributed by atoms with Crippen molar-refractivity contribution in [1.29, 1.82) is 0 Å². The van der Waals surface area contributed by atoms with Gasteiger partial charge in [-0.05, 0) is 42.7 Å². The Bertz CT molecular complexity index is 1150. The number of piperidine rings is 1. The predicted octanol–water partition coefficient (Wildman–Crippen LogP) is 2.52. The zero-order valence-corrected chi connectivity index (χ0v) is 18.8. The lowest BCUT2D eigenvalue weighted by Crippen LogP contribution is -2.44. The minimum absolute atomic E-state index is 0.0674. The second-order valence-electron chi connectivity index (χ2n) is 7.92. The number of aromatic nitrogens is 3. The van der Waals surface area contributed by atoms with E-state index in [-0.39, 0.29) is 17.7 Å². The van der Waals surface area contributed by atoms with Crippen molar-refractivity contribution in [2.24, 2.45) is 0 Å². The Balaban J connectivity index is 1.29. The summed E-state index contributed by atoms with van der Waals surface area (Å²) in [4.78, 5) is 15.2. The number of nitrogens with one attached hydrogen (secondary N) is 1. The number of carbonyl (C=O) groups excluding carboxylic acids is 1. The lowest BCUT2D eigenvalue weighted by atomic mass is 10.0. The van der Waals surface area contributed by atoms with E-state index in [9.17, 15) is 13.2 Å². The van der Waals surface area contributed by atoms with E-state index in [1.54, 1.807) is 29.9 Å². The zero-order chi connectivity index (χ0) is 22.6. The quantitative estimate of drug-likeness (QED) is 0.590. The number of anilines is 1. The van der Waals surface area contributed by atoms with E-state index in [2.05, 4.69) is 20.5 Å². The number of amides is 1. The highest BCUT2D eigenvalue weighted by Crippen LogP contribution is 2.22. The van der Waals surface area contributed by atoms with Crippen molar-refractivity contribution >= 4 is 21.4 Å². The van der Waals surface area contributed by atoms with Crippen molar-refractivity contribution in [3.8, 4) is 0 Å². The molecule has 2 heterocycles. The fourth-order valence-electron chi connectivity index (χ4n) is 3.82. The molecule has 0 bridgehead atoms. The van der Waals surface area contributed by atoms with Gasteiger partial charge in [0.2, 0.25) is 0 Å². The Hall–Kier alpha value is -3.20. The molecule has 0 atom stereocenters. The molecule has 168 valence electrons. The molecule has 0 aliphatic carbocycles. The second-order valence-corrected chi connectivity index (χ2v) is 10.2. The van der Waals surface area contributed by atoms with Gasteiger partial charge in [0.15, 0.2) is 15.5 Å². The highest BCUT2D eigenvalue weighted by Gasteiger charge is 2.23. The second kappa shape index (κ2) is 9.52. The molecule has 1 amide bonds. The topological polar surface area (TPSA) is 97.2 Å². The molecule has 8 nitrogen and oxygen atoms in total. The molecule has 4 rings (SSSR count). The van der Waals surface area contributed by atoms with Crippen molar-refractivity contribution in [3.63, 3.8) is 0 Å². The van der Waals surface area contributed by atoms with Gasteiger partial charge >= 0.3 is 0 Å². The number of hydrogen-bond acceptors (Lipinski definition) is 6. The first-order chi connectivity index (χ1) is 15.4. The third-order valence-corrected chi connectivity index (χ3v) is 7.48. The molecule has 32 heavy (non-hydrogen) atoms. The van der Waals surface area contributed by atoms with Crippen LogP contribution in [0.2, 0.25) is 0 Å². The first kappa shape index (κ1) is 22.0. The normalized spacial score (nSPS) is 15.0. The average Bonchev–Trinajstić information content (AvgIpc) is 3.29. The highest BCUT2D eigenvalue weighted by atomic mass is 32.2. The summed E-state index contributed by atoms with van der Waals surface area (Å²) in [7, 11) is -3.19. The van der Waals surface area contributed by atoms with Crippen LogP contribution in [-0.2, 0) is 16.4 Å². The van der Waals surface area contributed by atoms with Gasteiger partial charge in [-0.15, -0.1) is 5.10 Å². The van der Waals surface area contributed by atoms with Crippen LogP contribution in [0, 0.1) is 0 Å². The van der Waals surface area contributed by atoms with Gasteiger partial charge in [0.05, 0.1) is 23.4 Å². The van der Waals surface area contributed by atoms with Gasteiger partial charge in [-0.25, -0.2) is 13.1 Å². The van der Waals surface area contributed by atoms with Crippen LogP contribution in [-0.4, -0.2) is 54.2 Å². The van der Waals surface area contributed by atoms with Crippen LogP contribution in [0.5, 0.6) is 0 Å². The fraction of sp³-hybridized carbons (Fsp3) is 0.348. The van der Waals surface area contributed by atoms with E-state index in [0.717, 1.165) is 37.2 Å². The summed E-state index contributed by atoms with van der Waals surface area (Å²) in [5.74, 6) is -0.117. The molecule has 1 aliphatic heterocycles. The molecule has 0 radical (unpaired) electrons. The van der Waals surface area contributed by atoms with Gasteiger partial charge in [0.25, 0.3) is 5.91 Å². The van der Waals surface area contributed by atoms with Gasteiger partial charge in [-0.2, -0.15) is 0 Å². The van der Waals surface area contributed by atoms with Crippen molar-refractivity contribution < 1.29 is 13.2 Å². The first-order valence-corrected chi connectivity index (χ1v) is 12.4. The summed E-state index contributed by atoms with van der Waals surface area (Å²) in [5.41, 5.74) is 2.40. The van der Waals surface area contributed by atoms with Crippen LogP contribution >= 0.6 is 0 Å². The summed E-state index contributed by atoms with van der Waals surface area (Å²) in [6.45, 7) is 3.78. The lowest BCUT2D eigenvalue weighted by Gasteiger charge is -2.33. The maximum atomic E-state index is 12.6. The predicted molar refractivity (Wildman–Crippen MR) is 122 cm³/mol. The SMILES string of the molecule is CCS(=O)(=O)c1ccc(N2CCC(NC(=O)c3cn(Cc4ccccc4)nn3)CC2)cc1. The van der Waals surface area contributed by atoms with Crippen LogP contribution in [0.3, 0.4) is 0 Å². The van der Waals surface area contributed by atoms with Crippen molar-refractivity contribution in [3.05, 3.63) is 72.1 Å². The van der Waals surface area contributed by atoms with Crippen molar-refractivity contribution in [2.45, 2.75) is 37.2 Å². The smallest absolute Gasteiger partial charge is 0.273 e. The average molecular weight is 454 g/mol. The summed E-state index contributed by atoms with van der Waals surface area (Å²) in [5, 5.41) is 11.1. The maximum Gasteiger partial charge on any atom is 0.273 e. The summed E-state index contributed by atoms with van der Waals surface area (Å²) < 4.78 is 25.6. The molecule has 1 fully saturated rings. The summed E-state index contributed by atoms with van der Waals surface area (Å²) in [6.07, 6.45) is 3.28. The first-order valence-electron chi connectivity index (χ1n) is 10.8. The van der Waals surface area contributed by atoms with Crippen LogP contribution < -0.4 is 10.2 Å². The van der Waals surface area contributed by atoms with Gasteiger partial charge in [-0.3, -0.25) is 4.79 Å². The Morgan fingerprint density at radius 2 is 1.75 bits per heavy atom. The molecule has 3 aromatic rings. The van der Waals surface area contributed by atoms with Gasteiger partial charge in [-0.1, -0.05) is 42.5 Å². The Morgan fingerprint density at radius 1 is 1.06 bits per heavy atom. The van der Waals surface area contributed by atoms with Gasteiger partial charge < -0.3 is 10.2 Å². The molecule has 1 aromatic heterocycles. The number of benzene rings is 2. The Morgan fingerprint density at radius 3 is 2.41 bits per heavy atom. The molecule has 2 aromatic carbocycles. The highest BCUT2D eigenvalue weighted by molar-refractivity contribution is 7.91. The standard InChI is InChI=1S/C23H27N5O3S/c1-2-32(30,31)21-10-8-20(9-11-21)27-14-12-19(13-15-27)24-23(29)22-17-28(26-25-22)16-18-6-4-3-5-7-18/h3-11,17,19H,2,12-16H2,1H3,(H,24,29). The van der Waals surface area contributed by atoms with Gasteiger partial charge in [0, 0.05) is 24.8 Å². The summed E-state index contributed by atoms with van der Waals surface area (Å²) >= 11 is 0. The molecule has 0 spiro atoms. The van der Waals surface area contributed by atoms with E-state index >= 15 is 0 Å². The fourth-order valence-corrected chi connectivity index (χ4v) is 4.71. The van der Waals surface area contributed by atoms with Crippen LogP contribution in [0.25, 0.3) is 0 Å². The minimum Gasteiger partial charge on any atom is -0.371 e. The van der Waals surface area contributed by atoms with E-state index in [4.69, 9.17) is 0 Å². The van der Waals surface area contributed by atoms with Crippen LogP contribution in [0.15, 0.2) is 65.7 Å². The Labute approximate surface area is 188 Å². The third-order valence-electron chi connectivity index (χ3n) is 5.73. The van der Waals surface area contributed by atoms with Crippen LogP contribution in [0.1, 0.15) is 35.8 Å². The number of carbonyl (C=O) groups is 1. The molecule has 0 saturated carbocycles. The van der Waals surface area contributed by atoms with E-state index in [1.807, 2.05) is 42.5 Å². The molecule has 1 N–H and O–H groups in total. The largest absolute Gasteiger partial charge is 0.371 e. The van der Waals surface area contributed by atoms with E-state index < -0.39 is 9.84 Å². The molecule has 9 heteroatoms. The maximum absolute atomic E-state index is 12.6. The third kappa shape index (κ3) is 5.16. The monoisotopic (exact) mass is 453 g/mol. The van der Waals surface area contributed by atoms with Crippen LogP contribution in [0.4, 0.5) is 5.69 Å². The molecule has 1 aliphatic rings. The minimum atomic E-state index is -3.19. The van der Waals surface area contributed by atoms with E-state index in [1.165, 1.54) is 0 Å².